The van der Waals surface area contributed by atoms with Crippen LogP contribution in [0.3, 0.4) is 0 Å². The summed E-state index contributed by atoms with van der Waals surface area (Å²) in [6, 6.07) is 1.27. The highest BCUT2D eigenvalue weighted by Crippen LogP contribution is 2.31. The fourth-order valence-electron chi connectivity index (χ4n) is 4.14. The summed E-state index contributed by atoms with van der Waals surface area (Å²) in [5, 5.41) is 3.84. The molecule has 3 nitrogen and oxygen atoms in total. The molecule has 1 aromatic heterocycles. The van der Waals surface area contributed by atoms with Gasteiger partial charge in [-0.05, 0) is 51.5 Å². The highest BCUT2D eigenvalue weighted by molar-refractivity contribution is 5.17. The van der Waals surface area contributed by atoms with E-state index in [1.807, 2.05) is 0 Å². The lowest BCUT2D eigenvalue weighted by molar-refractivity contribution is 0.278. The van der Waals surface area contributed by atoms with Crippen LogP contribution in [-0.4, -0.2) is 22.1 Å². The van der Waals surface area contributed by atoms with Crippen molar-refractivity contribution >= 4 is 0 Å². The van der Waals surface area contributed by atoms with Crippen LogP contribution in [0.4, 0.5) is 0 Å². The van der Waals surface area contributed by atoms with Crippen LogP contribution in [0.1, 0.15) is 82.1 Å². The van der Waals surface area contributed by atoms with E-state index in [9.17, 15) is 0 Å². The number of aryl methyl sites for hydroxylation is 1. The summed E-state index contributed by atoms with van der Waals surface area (Å²) in [4.78, 5) is 4.74. The van der Waals surface area contributed by atoms with Crippen molar-refractivity contribution in [3.05, 3.63) is 17.7 Å². The first-order chi connectivity index (χ1) is 10.4. The van der Waals surface area contributed by atoms with E-state index in [0.717, 1.165) is 6.54 Å². The molecule has 0 aliphatic heterocycles. The third-order valence-electron chi connectivity index (χ3n) is 5.30. The zero-order chi connectivity index (χ0) is 14.5. The molecule has 2 unspecified atom stereocenters. The van der Waals surface area contributed by atoms with Crippen LogP contribution in [0.5, 0.6) is 0 Å². The lowest BCUT2D eigenvalue weighted by Gasteiger charge is -2.33. The highest BCUT2D eigenvalue weighted by Gasteiger charge is 2.27. The molecule has 1 aromatic rings. The Morgan fingerprint density at radius 3 is 2.76 bits per heavy atom. The number of imidazole rings is 1. The Bertz CT molecular complexity index is 436. The van der Waals surface area contributed by atoms with Crippen molar-refractivity contribution in [1.82, 2.24) is 14.9 Å². The van der Waals surface area contributed by atoms with Crippen molar-refractivity contribution in [2.75, 3.05) is 6.54 Å². The Kier molecular flexibility index (Phi) is 5.34. The molecule has 1 saturated carbocycles. The van der Waals surface area contributed by atoms with Crippen molar-refractivity contribution < 1.29 is 0 Å². The van der Waals surface area contributed by atoms with E-state index >= 15 is 0 Å². The van der Waals surface area contributed by atoms with Crippen molar-refractivity contribution in [2.24, 2.45) is 0 Å². The van der Waals surface area contributed by atoms with E-state index in [1.54, 1.807) is 5.69 Å². The number of nitrogens with zero attached hydrogens (tertiary/aromatic N) is 2. The van der Waals surface area contributed by atoms with Crippen LogP contribution < -0.4 is 5.32 Å². The Labute approximate surface area is 129 Å². The Balaban J connectivity index is 1.81. The van der Waals surface area contributed by atoms with Gasteiger partial charge in [0.05, 0.1) is 18.1 Å². The van der Waals surface area contributed by atoms with Gasteiger partial charge in [0.25, 0.3) is 0 Å². The number of fused-ring (bicyclic) bond motifs is 1. The number of nitrogens with one attached hydrogen (secondary N) is 1. The Hall–Kier alpha value is -0.830. The zero-order valence-corrected chi connectivity index (χ0v) is 13.6. The van der Waals surface area contributed by atoms with Gasteiger partial charge in [-0.1, -0.05) is 32.6 Å². The summed E-state index contributed by atoms with van der Waals surface area (Å²) in [6.45, 7) is 3.42. The van der Waals surface area contributed by atoms with Crippen molar-refractivity contribution in [1.29, 1.82) is 0 Å². The first-order valence-corrected chi connectivity index (χ1v) is 9.18. The van der Waals surface area contributed by atoms with Crippen LogP contribution in [0.2, 0.25) is 0 Å². The summed E-state index contributed by atoms with van der Waals surface area (Å²) in [7, 11) is 0. The molecular formula is C18H31N3. The molecule has 0 amide bonds. The van der Waals surface area contributed by atoms with Crippen LogP contribution in [0.25, 0.3) is 0 Å². The lowest BCUT2D eigenvalue weighted by atomic mass is 9.91. The molecule has 2 atom stereocenters. The van der Waals surface area contributed by atoms with Gasteiger partial charge >= 0.3 is 0 Å². The second-order valence-corrected chi connectivity index (χ2v) is 6.87. The third-order valence-corrected chi connectivity index (χ3v) is 5.30. The van der Waals surface area contributed by atoms with E-state index in [-0.39, 0.29) is 0 Å². The quantitative estimate of drug-likeness (QED) is 0.907. The molecule has 0 radical (unpaired) electrons. The Morgan fingerprint density at radius 1 is 1.10 bits per heavy atom. The molecule has 118 valence electrons. The number of hydrogen-bond acceptors (Lipinski definition) is 2. The topological polar surface area (TPSA) is 29.9 Å². The second kappa shape index (κ2) is 7.44. The maximum atomic E-state index is 4.74. The molecule has 0 spiro atoms. The lowest BCUT2D eigenvalue weighted by Crippen LogP contribution is -2.39. The predicted octanol–water partition coefficient (Wildman–Crippen LogP) is 4.03. The maximum Gasteiger partial charge on any atom is 0.0954 e. The standard InChI is InChI=1S/C18H31N3/c1-2-13-19-15-9-5-3-4-6-11-17(15)21-14-20-16-10-7-8-12-18(16)21/h14-15,17,19H,2-13H2,1H3. The van der Waals surface area contributed by atoms with Gasteiger partial charge in [-0.25, -0.2) is 4.98 Å². The zero-order valence-electron chi connectivity index (χ0n) is 13.6. The maximum absolute atomic E-state index is 4.74. The molecule has 2 aliphatic carbocycles. The summed E-state index contributed by atoms with van der Waals surface area (Å²) in [6.07, 6.45) is 16.7. The highest BCUT2D eigenvalue weighted by atomic mass is 15.1. The summed E-state index contributed by atoms with van der Waals surface area (Å²) >= 11 is 0. The molecule has 1 N–H and O–H groups in total. The van der Waals surface area contributed by atoms with Crippen molar-refractivity contribution in [3.63, 3.8) is 0 Å². The minimum atomic E-state index is 0.631. The predicted molar refractivity (Wildman–Crippen MR) is 87.7 cm³/mol. The second-order valence-electron chi connectivity index (χ2n) is 6.87. The average molecular weight is 289 g/mol. The Morgan fingerprint density at radius 2 is 1.90 bits per heavy atom. The van der Waals surface area contributed by atoms with Gasteiger partial charge in [0.2, 0.25) is 0 Å². The molecule has 3 rings (SSSR count). The van der Waals surface area contributed by atoms with Gasteiger partial charge in [-0.15, -0.1) is 0 Å². The monoisotopic (exact) mass is 289 g/mol. The van der Waals surface area contributed by atoms with Gasteiger partial charge in [0.15, 0.2) is 0 Å². The first kappa shape index (κ1) is 15.1. The smallest absolute Gasteiger partial charge is 0.0954 e. The van der Waals surface area contributed by atoms with Crippen molar-refractivity contribution in [3.8, 4) is 0 Å². The molecule has 1 heterocycles. The summed E-state index contributed by atoms with van der Waals surface area (Å²) in [5.41, 5.74) is 2.94. The minimum Gasteiger partial charge on any atom is -0.330 e. The van der Waals surface area contributed by atoms with Gasteiger partial charge in [-0.3, -0.25) is 0 Å². The van der Waals surface area contributed by atoms with Gasteiger partial charge in [0.1, 0.15) is 0 Å². The summed E-state index contributed by atoms with van der Waals surface area (Å²) in [5.74, 6) is 0. The van der Waals surface area contributed by atoms with Crippen LogP contribution in [0, 0.1) is 0 Å². The molecule has 1 fully saturated rings. The molecular weight excluding hydrogens is 258 g/mol. The third kappa shape index (κ3) is 3.50. The van der Waals surface area contributed by atoms with Crippen LogP contribution in [-0.2, 0) is 12.8 Å². The molecule has 0 bridgehead atoms. The van der Waals surface area contributed by atoms with E-state index in [4.69, 9.17) is 4.98 Å². The van der Waals surface area contributed by atoms with Crippen molar-refractivity contribution in [2.45, 2.75) is 89.6 Å². The molecule has 3 heteroatoms. The van der Waals surface area contributed by atoms with Crippen LogP contribution >= 0.6 is 0 Å². The van der Waals surface area contributed by atoms with E-state index in [2.05, 4.69) is 23.1 Å². The van der Waals surface area contributed by atoms with E-state index in [1.165, 1.54) is 76.3 Å². The number of rotatable bonds is 4. The van der Waals surface area contributed by atoms with Gasteiger partial charge in [-0.2, -0.15) is 0 Å². The molecule has 0 saturated heterocycles. The van der Waals surface area contributed by atoms with Gasteiger partial charge in [0, 0.05) is 11.7 Å². The average Bonchev–Trinajstić information content (AvgIpc) is 2.90. The van der Waals surface area contributed by atoms with E-state index in [0.29, 0.717) is 12.1 Å². The SMILES string of the molecule is CCCNC1CCCCCCC1n1cnc2c1CCCC2. The molecule has 21 heavy (non-hydrogen) atoms. The minimum absolute atomic E-state index is 0.631. The fraction of sp³-hybridized carbons (Fsp3) is 0.833. The fourth-order valence-corrected chi connectivity index (χ4v) is 4.14. The largest absolute Gasteiger partial charge is 0.330 e. The van der Waals surface area contributed by atoms with Crippen LogP contribution in [0.15, 0.2) is 6.33 Å². The number of hydrogen-bond donors (Lipinski definition) is 1. The van der Waals surface area contributed by atoms with Gasteiger partial charge < -0.3 is 9.88 Å². The normalized spacial score (nSPS) is 26.9. The number of aromatic nitrogens is 2. The molecule has 0 aromatic carbocycles. The first-order valence-electron chi connectivity index (χ1n) is 9.18. The molecule has 2 aliphatic rings. The summed E-state index contributed by atoms with van der Waals surface area (Å²) < 4.78 is 2.56. The van der Waals surface area contributed by atoms with E-state index < -0.39 is 0 Å².